The number of aromatic nitrogens is 2. The Morgan fingerprint density at radius 1 is 1.41 bits per heavy atom. The van der Waals surface area contributed by atoms with Gasteiger partial charge in [0.05, 0.1) is 6.20 Å². The first-order chi connectivity index (χ1) is 12.9. The Balaban J connectivity index is 1.70. The minimum Gasteiger partial charge on any atom is -0.396 e. The molecule has 0 saturated heterocycles. The summed E-state index contributed by atoms with van der Waals surface area (Å²) in [5.41, 5.74) is 12.9. The average Bonchev–Trinajstić information content (AvgIpc) is 3.22. The van der Waals surface area contributed by atoms with Gasteiger partial charge in [0.1, 0.15) is 0 Å². The van der Waals surface area contributed by atoms with Crippen molar-refractivity contribution in [2.24, 2.45) is 39.6 Å². The normalized spacial score (nSPS) is 40.9. The summed E-state index contributed by atoms with van der Waals surface area (Å²) in [4.78, 5) is 3.04. The smallest absolute Gasteiger partial charge is 0.0522 e. The summed E-state index contributed by atoms with van der Waals surface area (Å²) in [6.07, 6.45) is 8.26. The number of allylic oxidation sites excluding steroid dienone is 1. The molecule has 2 N–H and O–H groups in total. The molecule has 6 heteroatoms. The Bertz CT molecular complexity index is 781. The second-order valence-corrected chi connectivity index (χ2v) is 9.53. The highest BCUT2D eigenvalue weighted by atomic mass is 16.3. The minimum atomic E-state index is 0.00368. The number of fused-ring (bicyclic) bond motifs is 2. The van der Waals surface area contributed by atoms with Crippen LogP contribution in [0.25, 0.3) is 10.4 Å². The Hall–Kier alpha value is -1.78. The standard InChI is InChI=1S/C21H31N5O/c1-13-4-5-17-16(12-27)18(6-7-20(13,17)2)21(3)9-14-10-23-25-19(14)8-15(21)11-24-26-22/h10,15-18,27H,1,4-9,11-12H2,2-3H3,(H,23,25)/t15-,16+,17+,18+,20-,21+/m1/s1. The molecule has 2 saturated carbocycles. The summed E-state index contributed by atoms with van der Waals surface area (Å²) in [6, 6.07) is 0. The van der Waals surface area contributed by atoms with Gasteiger partial charge in [0, 0.05) is 23.8 Å². The van der Waals surface area contributed by atoms with E-state index in [1.165, 1.54) is 16.8 Å². The van der Waals surface area contributed by atoms with Crippen molar-refractivity contribution in [2.45, 2.75) is 52.4 Å². The van der Waals surface area contributed by atoms with Crippen LogP contribution in [0.15, 0.2) is 23.5 Å². The van der Waals surface area contributed by atoms with Gasteiger partial charge in [0.25, 0.3) is 0 Å². The molecule has 27 heavy (non-hydrogen) atoms. The summed E-state index contributed by atoms with van der Waals surface area (Å²) in [5.74, 6) is 1.49. The third kappa shape index (κ3) is 2.73. The van der Waals surface area contributed by atoms with Crippen LogP contribution in [0.2, 0.25) is 0 Å². The summed E-state index contributed by atoms with van der Waals surface area (Å²) < 4.78 is 0. The Kier molecular flexibility index (Phi) is 4.59. The number of H-pyrrole nitrogens is 1. The number of hydrogen-bond acceptors (Lipinski definition) is 3. The van der Waals surface area contributed by atoms with Crippen molar-refractivity contribution in [3.63, 3.8) is 0 Å². The van der Waals surface area contributed by atoms with E-state index in [1.54, 1.807) is 0 Å². The van der Waals surface area contributed by atoms with Gasteiger partial charge in [-0.15, -0.1) is 0 Å². The highest BCUT2D eigenvalue weighted by Crippen LogP contribution is 2.62. The first-order valence-electron chi connectivity index (χ1n) is 10.2. The van der Waals surface area contributed by atoms with Gasteiger partial charge in [-0.3, -0.25) is 5.10 Å². The van der Waals surface area contributed by atoms with Crippen molar-refractivity contribution in [2.75, 3.05) is 13.2 Å². The zero-order valence-corrected chi connectivity index (χ0v) is 16.5. The van der Waals surface area contributed by atoms with E-state index < -0.39 is 0 Å². The van der Waals surface area contributed by atoms with Crippen LogP contribution < -0.4 is 0 Å². The van der Waals surface area contributed by atoms with Crippen molar-refractivity contribution in [3.8, 4) is 0 Å². The number of nitrogens with one attached hydrogen (secondary N) is 1. The fourth-order valence-corrected chi connectivity index (χ4v) is 6.81. The van der Waals surface area contributed by atoms with Gasteiger partial charge in [0.15, 0.2) is 0 Å². The highest BCUT2D eigenvalue weighted by molar-refractivity contribution is 5.26. The minimum absolute atomic E-state index is 0.00368. The first-order valence-corrected chi connectivity index (χ1v) is 10.2. The molecule has 0 spiro atoms. The molecule has 0 radical (unpaired) electrons. The highest BCUT2D eigenvalue weighted by Gasteiger charge is 2.56. The van der Waals surface area contributed by atoms with Crippen LogP contribution in [0.5, 0.6) is 0 Å². The maximum Gasteiger partial charge on any atom is 0.0522 e. The van der Waals surface area contributed by atoms with Crippen molar-refractivity contribution in [1.82, 2.24) is 10.2 Å². The van der Waals surface area contributed by atoms with Crippen LogP contribution in [-0.2, 0) is 12.8 Å². The largest absolute Gasteiger partial charge is 0.396 e. The summed E-state index contributed by atoms with van der Waals surface area (Å²) in [6.45, 7) is 9.83. The van der Waals surface area contributed by atoms with Crippen molar-refractivity contribution < 1.29 is 5.11 Å². The number of azide groups is 1. The van der Waals surface area contributed by atoms with E-state index in [2.05, 4.69) is 40.6 Å². The lowest BCUT2D eigenvalue weighted by Crippen LogP contribution is -2.52. The second kappa shape index (κ2) is 6.68. The SMILES string of the molecule is C=C1CC[C@H]2[C@H](CO)[C@@H]([C@@]3(C)Cc4cn[nH]c4C[C@@H]3CN=[N+]=[N-])CC[C@]12C. The number of aliphatic hydroxyl groups excluding tert-OH is 1. The Morgan fingerprint density at radius 3 is 2.96 bits per heavy atom. The maximum atomic E-state index is 10.4. The van der Waals surface area contributed by atoms with E-state index in [4.69, 9.17) is 5.53 Å². The molecular formula is C21H31N5O. The van der Waals surface area contributed by atoms with Crippen molar-refractivity contribution in [3.05, 3.63) is 40.0 Å². The van der Waals surface area contributed by atoms with Gasteiger partial charge in [-0.1, -0.05) is 31.1 Å². The molecular weight excluding hydrogens is 338 g/mol. The van der Waals surface area contributed by atoms with E-state index in [-0.39, 0.29) is 29.3 Å². The number of hydrogen-bond donors (Lipinski definition) is 2. The predicted octanol–water partition coefficient (Wildman–Crippen LogP) is 4.43. The lowest BCUT2D eigenvalue weighted by Gasteiger charge is -2.55. The molecule has 0 aromatic carbocycles. The topological polar surface area (TPSA) is 97.7 Å². The van der Waals surface area contributed by atoms with E-state index in [9.17, 15) is 5.11 Å². The van der Waals surface area contributed by atoms with Crippen LogP contribution in [0, 0.1) is 34.5 Å². The quantitative estimate of drug-likeness (QED) is 0.355. The van der Waals surface area contributed by atoms with Crippen LogP contribution in [-0.4, -0.2) is 28.5 Å². The molecule has 6 atom stereocenters. The Morgan fingerprint density at radius 2 is 2.22 bits per heavy atom. The summed E-state index contributed by atoms with van der Waals surface area (Å²) in [7, 11) is 0. The lowest BCUT2D eigenvalue weighted by molar-refractivity contribution is -0.0625. The fourth-order valence-electron chi connectivity index (χ4n) is 6.81. The van der Waals surface area contributed by atoms with Gasteiger partial charge in [-0.25, -0.2) is 0 Å². The van der Waals surface area contributed by atoms with Gasteiger partial charge >= 0.3 is 0 Å². The van der Waals surface area contributed by atoms with E-state index >= 15 is 0 Å². The second-order valence-electron chi connectivity index (χ2n) is 9.53. The first kappa shape index (κ1) is 18.6. The number of rotatable bonds is 4. The van der Waals surface area contributed by atoms with Crippen LogP contribution in [0.3, 0.4) is 0 Å². The lowest BCUT2D eigenvalue weighted by atomic mass is 9.49. The zero-order valence-electron chi connectivity index (χ0n) is 16.5. The Labute approximate surface area is 161 Å². The monoisotopic (exact) mass is 369 g/mol. The molecule has 0 amide bonds. The third-order valence-corrected chi connectivity index (χ3v) is 8.58. The number of aliphatic hydroxyl groups is 1. The molecule has 0 bridgehead atoms. The third-order valence-electron chi connectivity index (χ3n) is 8.58. The van der Waals surface area contributed by atoms with Gasteiger partial charge in [-0.05, 0) is 84.1 Å². The molecule has 3 aliphatic carbocycles. The molecule has 1 aromatic heterocycles. The van der Waals surface area contributed by atoms with Crippen LogP contribution >= 0.6 is 0 Å². The summed E-state index contributed by atoms with van der Waals surface area (Å²) >= 11 is 0. The van der Waals surface area contributed by atoms with E-state index in [0.717, 1.165) is 38.5 Å². The van der Waals surface area contributed by atoms with Gasteiger partial charge in [-0.2, -0.15) is 5.10 Å². The maximum absolute atomic E-state index is 10.4. The molecule has 2 fully saturated rings. The molecule has 4 rings (SSSR count). The van der Waals surface area contributed by atoms with Crippen LogP contribution in [0.1, 0.15) is 50.8 Å². The molecule has 6 nitrogen and oxygen atoms in total. The van der Waals surface area contributed by atoms with E-state index in [0.29, 0.717) is 18.4 Å². The van der Waals surface area contributed by atoms with E-state index in [1.807, 2.05) is 6.20 Å². The summed E-state index contributed by atoms with van der Waals surface area (Å²) in [5, 5.41) is 21.8. The molecule has 3 aliphatic rings. The molecule has 0 aliphatic heterocycles. The van der Waals surface area contributed by atoms with Crippen molar-refractivity contribution >= 4 is 0 Å². The van der Waals surface area contributed by atoms with Crippen molar-refractivity contribution in [1.29, 1.82) is 0 Å². The average molecular weight is 370 g/mol. The number of nitrogens with zero attached hydrogens (tertiary/aromatic N) is 4. The molecule has 146 valence electrons. The molecule has 0 unspecified atom stereocenters. The molecule has 1 aromatic rings. The number of aromatic amines is 1. The fraction of sp³-hybridized carbons (Fsp3) is 0.762. The van der Waals surface area contributed by atoms with Gasteiger partial charge < -0.3 is 5.11 Å². The zero-order chi connectivity index (χ0) is 19.2. The van der Waals surface area contributed by atoms with Gasteiger partial charge in [0.2, 0.25) is 0 Å². The molecule has 1 heterocycles. The predicted molar refractivity (Wildman–Crippen MR) is 105 cm³/mol. The van der Waals surface area contributed by atoms with Crippen LogP contribution in [0.4, 0.5) is 0 Å².